The summed E-state index contributed by atoms with van der Waals surface area (Å²) in [5.74, 6) is -1.07. The lowest BCUT2D eigenvalue weighted by Gasteiger charge is -2.01. The average molecular weight is 274 g/mol. The molecule has 0 aliphatic heterocycles. The standard InChI is InChI=1S/C13H8ClN3O2/c14-9-3-1-8(2-4-9)10-5-6-12-15-11(13(18)19)7-17(12)16-10/h1-7H,(H,18,19). The van der Waals surface area contributed by atoms with Crippen LogP contribution >= 0.6 is 11.6 Å². The van der Waals surface area contributed by atoms with Crippen molar-refractivity contribution in [3.8, 4) is 11.3 Å². The molecule has 6 heteroatoms. The first-order valence-electron chi connectivity index (χ1n) is 5.49. The summed E-state index contributed by atoms with van der Waals surface area (Å²) in [5, 5.41) is 13.9. The van der Waals surface area contributed by atoms with E-state index in [1.165, 1.54) is 10.7 Å². The van der Waals surface area contributed by atoms with Crippen molar-refractivity contribution in [2.24, 2.45) is 0 Å². The lowest BCUT2D eigenvalue weighted by molar-refractivity contribution is 0.0691. The van der Waals surface area contributed by atoms with Gasteiger partial charge in [-0.15, -0.1) is 0 Å². The van der Waals surface area contributed by atoms with Gasteiger partial charge < -0.3 is 5.11 Å². The number of carboxylic acid groups (broad SMARTS) is 1. The van der Waals surface area contributed by atoms with Crippen LogP contribution in [0.2, 0.25) is 5.02 Å². The van der Waals surface area contributed by atoms with Crippen LogP contribution < -0.4 is 0 Å². The lowest BCUT2D eigenvalue weighted by atomic mass is 10.1. The number of aromatic carboxylic acids is 1. The van der Waals surface area contributed by atoms with Crippen molar-refractivity contribution in [1.29, 1.82) is 0 Å². The van der Waals surface area contributed by atoms with Crippen LogP contribution in [0.15, 0.2) is 42.6 Å². The predicted octanol–water partition coefficient (Wildman–Crippen LogP) is 2.75. The highest BCUT2D eigenvalue weighted by Crippen LogP contribution is 2.19. The largest absolute Gasteiger partial charge is 0.476 e. The number of benzene rings is 1. The third-order valence-corrected chi connectivity index (χ3v) is 2.93. The molecule has 19 heavy (non-hydrogen) atoms. The molecule has 3 rings (SSSR count). The van der Waals surface area contributed by atoms with Gasteiger partial charge in [0, 0.05) is 10.6 Å². The minimum Gasteiger partial charge on any atom is -0.476 e. The molecule has 0 saturated carbocycles. The van der Waals surface area contributed by atoms with E-state index in [1.807, 2.05) is 12.1 Å². The molecule has 2 heterocycles. The highest BCUT2D eigenvalue weighted by atomic mass is 35.5. The van der Waals surface area contributed by atoms with Crippen molar-refractivity contribution in [3.05, 3.63) is 53.3 Å². The Morgan fingerprint density at radius 1 is 1.16 bits per heavy atom. The zero-order valence-corrected chi connectivity index (χ0v) is 10.4. The molecule has 1 N–H and O–H groups in total. The first kappa shape index (κ1) is 11.7. The van der Waals surface area contributed by atoms with Crippen molar-refractivity contribution in [3.63, 3.8) is 0 Å². The summed E-state index contributed by atoms with van der Waals surface area (Å²) in [6, 6.07) is 10.8. The van der Waals surface area contributed by atoms with Gasteiger partial charge in [-0.1, -0.05) is 23.7 Å². The van der Waals surface area contributed by atoms with Crippen LogP contribution in [0.1, 0.15) is 10.5 Å². The smallest absolute Gasteiger partial charge is 0.356 e. The van der Waals surface area contributed by atoms with E-state index in [0.717, 1.165) is 11.3 Å². The Morgan fingerprint density at radius 2 is 1.89 bits per heavy atom. The van der Waals surface area contributed by atoms with Crippen molar-refractivity contribution >= 4 is 23.2 Å². The number of aromatic nitrogens is 3. The van der Waals surface area contributed by atoms with Gasteiger partial charge in [0.05, 0.1) is 11.9 Å². The summed E-state index contributed by atoms with van der Waals surface area (Å²) in [4.78, 5) is 14.8. The molecule has 0 aliphatic carbocycles. The van der Waals surface area contributed by atoms with E-state index in [1.54, 1.807) is 24.3 Å². The van der Waals surface area contributed by atoms with E-state index in [0.29, 0.717) is 10.7 Å². The highest BCUT2D eigenvalue weighted by molar-refractivity contribution is 6.30. The molecule has 0 unspecified atom stereocenters. The number of halogens is 1. The van der Waals surface area contributed by atoms with Gasteiger partial charge in [0.15, 0.2) is 11.3 Å². The van der Waals surface area contributed by atoms with E-state index in [-0.39, 0.29) is 5.69 Å². The molecule has 2 aromatic heterocycles. The number of hydrogen-bond acceptors (Lipinski definition) is 3. The number of carboxylic acids is 1. The Morgan fingerprint density at radius 3 is 2.58 bits per heavy atom. The van der Waals surface area contributed by atoms with E-state index < -0.39 is 5.97 Å². The SMILES string of the molecule is O=C(O)c1cn2nc(-c3ccc(Cl)cc3)ccc2n1. The predicted molar refractivity (Wildman–Crippen MR) is 70.4 cm³/mol. The third-order valence-electron chi connectivity index (χ3n) is 2.68. The fourth-order valence-electron chi connectivity index (χ4n) is 1.76. The molecule has 0 spiro atoms. The fourth-order valence-corrected chi connectivity index (χ4v) is 1.89. The van der Waals surface area contributed by atoms with Crippen LogP contribution in [0, 0.1) is 0 Å². The van der Waals surface area contributed by atoms with Crippen molar-refractivity contribution < 1.29 is 9.90 Å². The molecular weight excluding hydrogens is 266 g/mol. The van der Waals surface area contributed by atoms with Gasteiger partial charge >= 0.3 is 5.97 Å². The molecule has 5 nitrogen and oxygen atoms in total. The Hall–Kier alpha value is -2.40. The average Bonchev–Trinajstić information content (AvgIpc) is 2.82. The van der Waals surface area contributed by atoms with Gasteiger partial charge in [-0.25, -0.2) is 14.3 Å². The third kappa shape index (κ3) is 2.15. The number of rotatable bonds is 2. The van der Waals surface area contributed by atoms with Gasteiger partial charge in [-0.3, -0.25) is 0 Å². The highest BCUT2D eigenvalue weighted by Gasteiger charge is 2.10. The molecule has 0 atom stereocenters. The maximum atomic E-state index is 10.8. The van der Waals surface area contributed by atoms with Crippen LogP contribution in [0.5, 0.6) is 0 Å². The normalized spacial score (nSPS) is 10.8. The maximum Gasteiger partial charge on any atom is 0.356 e. The molecular formula is C13H8ClN3O2. The van der Waals surface area contributed by atoms with Crippen LogP contribution in [-0.4, -0.2) is 25.7 Å². The first-order chi connectivity index (χ1) is 9.13. The number of carbonyl (C=O) groups is 1. The summed E-state index contributed by atoms with van der Waals surface area (Å²) in [6.07, 6.45) is 1.39. The second-order valence-corrected chi connectivity index (χ2v) is 4.40. The first-order valence-corrected chi connectivity index (χ1v) is 5.87. The van der Waals surface area contributed by atoms with Gasteiger partial charge in [0.1, 0.15) is 0 Å². The molecule has 94 valence electrons. The van der Waals surface area contributed by atoms with E-state index >= 15 is 0 Å². The second-order valence-electron chi connectivity index (χ2n) is 3.96. The number of nitrogens with zero attached hydrogens (tertiary/aromatic N) is 3. The Balaban J connectivity index is 2.10. The summed E-state index contributed by atoms with van der Waals surface area (Å²) < 4.78 is 1.45. The molecule has 0 bridgehead atoms. The maximum absolute atomic E-state index is 10.8. The van der Waals surface area contributed by atoms with Crippen LogP contribution in [0.3, 0.4) is 0 Å². The van der Waals surface area contributed by atoms with Gasteiger partial charge in [0.25, 0.3) is 0 Å². The summed E-state index contributed by atoms with van der Waals surface area (Å²) >= 11 is 5.83. The van der Waals surface area contributed by atoms with E-state index in [4.69, 9.17) is 16.7 Å². The summed E-state index contributed by atoms with van der Waals surface area (Å²) in [7, 11) is 0. The molecule has 3 aromatic rings. The van der Waals surface area contributed by atoms with Crippen molar-refractivity contribution in [2.75, 3.05) is 0 Å². The summed E-state index contributed by atoms with van der Waals surface area (Å²) in [5.41, 5.74) is 2.09. The minimum absolute atomic E-state index is 0.0271. The Bertz CT molecular complexity index is 765. The van der Waals surface area contributed by atoms with Crippen LogP contribution in [-0.2, 0) is 0 Å². The molecule has 1 aromatic carbocycles. The topological polar surface area (TPSA) is 67.5 Å². The summed E-state index contributed by atoms with van der Waals surface area (Å²) in [6.45, 7) is 0. The Labute approximate surface area is 113 Å². The Kier molecular flexibility index (Phi) is 2.68. The minimum atomic E-state index is -1.07. The van der Waals surface area contributed by atoms with E-state index in [9.17, 15) is 4.79 Å². The van der Waals surface area contributed by atoms with Gasteiger partial charge in [-0.2, -0.15) is 5.10 Å². The lowest BCUT2D eigenvalue weighted by Crippen LogP contribution is -1.95. The van der Waals surface area contributed by atoms with Crippen molar-refractivity contribution in [1.82, 2.24) is 14.6 Å². The molecule has 0 aliphatic rings. The number of hydrogen-bond donors (Lipinski definition) is 1. The molecule has 0 saturated heterocycles. The molecule has 0 radical (unpaired) electrons. The zero-order valence-electron chi connectivity index (χ0n) is 9.62. The van der Waals surface area contributed by atoms with E-state index in [2.05, 4.69) is 10.1 Å². The van der Waals surface area contributed by atoms with Crippen LogP contribution in [0.4, 0.5) is 0 Å². The molecule has 0 amide bonds. The number of imidazole rings is 1. The molecule has 0 fully saturated rings. The van der Waals surface area contributed by atoms with Crippen molar-refractivity contribution in [2.45, 2.75) is 0 Å². The quantitative estimate of drug-likeness (QED) is 0.779. The fraction of sp³-hybridized carbons (Fsp3) is 0. The second kappa shape index (κ2) is 4.37. The monoisotopic (exact) mass is 273 g/mol. The zero-order chi connectivity index (χ0) is 13.4. The van der Waals surface area contributed by atoms with Gasteiger partial charge in [0.2, 0.25) is 0 Å². The van der Waals surface area contributed by atoms with Gasteiger partial charge in [-0.05, 0) is 24.3 Å². The van der Waals surface area contributed by atoms with Crippen LogP contribution in [0.25, 0.3) is 16.9 Å². The number of fused-ring (bicyclic) bond motifs is 1.